The van der Waals surface area contributed by atoms with E-state index in [-0.39, 0.29) is 12.5 Å². The van der Waals surface area contributed by atoms with Crippen LogP contribution in [0.1, 0.15) is 26.7 Å². The number of amides is 1. The molecule has 1 saturated carbocycles. The molecular weight excluding hydrogens is 194 g/mol. The maximum absolute atomic E-state index is 11.8. The number of allylic oxidation sites excluding steroid dienone is 1. The van der Waals surface area contributed by atoms with Crippen molar-refractivity contribution < 1.29 is 14.7 Å². The van der Waals surface area contributed by atoms with Crippen LogP contribution in [0, 0.1) is 5.92 Å². The van der Waals surface area contributed by atoms with Gasteiger partial charge in [0.25, 0.3) is 0 Å². The van der Waals surface area contributed by atoms with E-state index in [1.165, 1.54) is 4.90 Å². The van der Waals surface area contributed by atoms with Crippen LogP contribution in [0.5, 0.6) is 0 Å². The predicted molar refractivity (Wildman–Crippen MR) is 56.4 cm³/mol. The van der Waals surface area contributed by atoms with Crippen molar-refractivity contribution in [2.24, 2.45) is 5.92 Å². The van der Waals surface area contributed by atoms with Crippen molar-refractivity contribution in [2.45, 2.75) is 26.7 Å². The third-order valence-electron chi connectivity index (χ3n) is 2.56. The second-order valence-electron chi connectivity index (χ2n) is 3.99. The number of hydrogen-bond acceptors (Lipinski definition) is 2. The fourth-order valence-corrected chi connectivity index (χ4v) is 1.37. The summed E-state index contributed by atoms with van der Waals surface area (Å²) in [4.78, 5) is 23.8. The second-order valence-corrected chi connectivity index (χ2v) is 3.99. The first kappa shape index (κ1) is 11.8. The minimum atomic E-state index is -0.951. The highest BCUT2D eigenvalue weighted by Crippen LogP contribution is 2.29. The normalized spacial score (nSPS) is 16.3. The lowest BCUT2D eigenvalue weighted by molar-refractivity contribution is -0.143. The summed E-state index contributed by atoms with van der Waals surface area (Å²) in [6.45, 7) is 3.88. The van der Waals surface area contributed by atoms with Gasteiger partial charge in [0.05, 0.1) is 0 Å². The number of aliphatic carboxylic acids is 1. The summed E-state index contributed by atoms with van der Waals surface area (Å²) in [6, 6.07) is 0. The molecule has 1 aliphatic carbocycles. The fourth-order valence-electron chi connectivity index (χ4n) is 1.37. The van der Waals surface area contributed by atoms with Crippen LogP contribution in [0.2, 0.25) is 0 Å². The number of nitrogens with zero attached hydrogens (tertiary/aromatic N) is 1. The minimum Gasteiger partial charge on any atom is -0.480 e. The Bertz CT molecular complexity index is 292. The van der Waals surface area contributed by atoms with E-state index < -0.39 is 5.97 Å². The molecule has 1 aliphatic rings. The molecule has 0 radical (unpaired) electrons. The Morgan fingerprint density at radius 3 is 2.47 bits per heavy atom. The van der Waals surface area contributed by atoms with E-state index >= 15 is 0 Å². The highest BCUT2D eigenvalue weighted by Gasteiger charge is 2.28. The highest BCUT2D eigenvalue weighted by molar-refractivity contribution is 5.94. The predicted octanol–water partition coefficient (Wildman–Crippen LogP) is 1.28. The highest BCUT2D eigenvalue weighted by atomic mass is 16.4. The molecule has 0 unspecified atom stereocenters. The summed E-state index contributed by atoms with van der Waals surface area (Å²) in [7, 11) is 0. The lowest BCUT2D eigenvalue weighted by Gasteiger charge is -2.20. The van der Waals surface area contributed by atoms with Crippen molar-refractivity contribution in [3.8, 4) is 0 Å². The summed E-state index contributed by atoms with van der Waals surface area (Å²) in [5.74, 6) is -0.599. The van der Waals surface area contributed by atoms with Gasteiger partial charge in [-0.2, -0.15) is 0 Å². The first-order valence-corrected chi connectivity index (χ1v) is 5.18. The standard InChI is InChI=1S/C11H17NO3/c1-3-8(2)11(15)12(7-10(13)14)6-9-4-5-9/h3,9H,4-7H2,1-2H3,(H,13,14)/b8-3+. The van der Waals surface area contributed by atoms with Crippen LogP contribution >= 0.6 is 0 Å². The molecule has 0 spiro atoms. The number of carbonyl (C=O) groups is 2. The monoisotopic (exact) mass is 211 g/mol. The van der Waals surface area contributed by atoms with E-state index in [9.17, 15) is 9.59 Å². The smallest absolute Gasteiger partial charge is 0.323 e. The van der Waals surface area contributed by atoms with E-state index in [4.69, 9.17) is 5.11 Å². The van der Waals surface area contributed by atoms with Crippen molar-refractivity contribution in [1.29, 1.82) is 0 Å². The van der Waals surface area contributed by atoms with Gasteiger partial charge in [0.2, 0.25) is 5.91 Å². The third kappa shape index (κ3) is 3.73. The topological polar surface area (TPSA) is 57.6 Å². The van der Waals surface area contributed by atoms with E-state index in [0.29, 0.717) is 18.0 Å². The summed E-state index contributed by atoms with van der Waals surface area (Å²) in [5.41, 5.74) is 0.608. The van der Waals surface area contributed by atoms with Crippen molar-refractivity contribution in [1.82, 2.24) is 4.90 Å². The second kappa shape index (κ2) is 4.96. The third-order valence-corrected chi connectivity index (χ3v) is 2.56. The zero-order valence-electron chi connectivity index (χ0n) is 9.19. The molecule has 0 aromatic rings. The Kier molecular flexibility index (Phi) is 3.88. The lowest BCUT2D eigenvalue weighted by Crippen LogP contribution is -2.37. The average Bonchev–Trinajstić information content (AvgIpc) is 2.97. The number of carboxylic acid groups (broad SMARTS) is 1. The molecular formula is C11H17NO3. The number of rotatable bonds is 5. The zero-order chi connectivity index (χ0) is 11.4. The van der Waals surface area contributed by atoms with Gasteiger partial charge in [-0.3, -0.25) is 9.59 Å². The Morgan fingerprint density at radius 2 is 2.07 bits per heavy atom. The van der Waals surface area contributed by atoms with Gasteiger partial charge in [-0.25, -0.2) is 0 Å². The van der Waals surface area contributed by atoms with Crippen LogP contribution in [0.15, 0.2) is 11.6 Å². The largest absolute Gasteiger partial charge is 0.480 e. The summed E-state index contributed by atoms with van der Waals surface area (Å²) in [5, 5.41) is 8.71. The van der Waals surface area contributed by atoms with Gasteiger partial charge in [-0.15, -0.1) is 0 Å². The first-order valence-electron chi connectivity index (χ1n) is 5.18. The average molecular weight is 211 g/mol. The van der Waals surface area contributed by atoms with Gasteiger partial charge in [0.15, 0.2) is 0 Å². The van der Waals surface area contributed by atoms with Crippen LogP contribution in [-0.2, 0) is 9.59 Å². The van der Waals surface area contributed by atoms with Crippen molar-refractivity contribution >= 4 is 11.9 Å². The van der Waals surface area contributed by atoms with Gasteiger partial charge in [0, 0.05) is 12.1 Å². The van der Waals surface area contributed by atoms with Crippen LogP contribution in [-0.4, -0.2) is 35.0 Å². The molecule has 4 nitrogen and oxygen atoms in total. The molecule has 1 rings (SSSR count). The Balaban J connectivity index is 2.60. The molecule has 0 saturated heterocycles. The Hall–Kier alpha value is -1.32. The van der Waals surface area contributed by atoms with Crippen molar-refractivity contribution in [3.63, 3.8) is 0 Å². The number of hydrogen-bond donors (Lipinski definition) is 1. The Labute approximate surface area is 89.6 Å². The van der Waals surface area contributed by atoms with Gasteiger partial charge in [-0.05, 0) is 32.6 Å². The molecule has 84 valence electrons. The van der Waals surface area contributed by atoms with Gasteiger partial charge >= 0.3 is 5.97 Å². The molecule has 15 heavy (non-hydrogen) atoms. The van der Waals surface area contributed by atoms with Crippen LogP contribution in [0.3, 0.4) is 0 Å². The molecule has 0 aromatic carbocycles. The van der Waals surface area contributed by atoms with E-state index in [1.807, 2.05) is 0 Å². The molecule has 1 N–H and O–H groups in total. The fraction of sp³-hybridized carbons (Fsp3) is 0.636. The lowest BCUT2D eigenvalue weighted by atomic mass is 10.2. The molecule has 0 aromatic heterocycles. The minimum absolute atomic E-state index is 0.160. The molecule has 0 atom stereocenters. The van der Waals surface area contributed by atoms with Crippen molar-refractivity contribution in [2.75, 3.05) is 13.1 Å². The molecule has 0 bridgehead atoms. The first-order chi connectivity index (χ1) is 7.04. The summed E-state index contributed by atoms with van der Waals surface area (Å²) >= 11 is 0. The van der Waals surface area contributed by atoms with Crippen LogP contribution in [0.4, 0.5) is 0 Å². The van der Waals surface area contributed by atoms with E-state index in [0.717, 1.165) is 12.8 Å². The Morgan fingerprint density at radius 1 is 1.47 bits per heavy atom. The maximum Gasteiger partial charge on any atom is 0.323 e. The molecule has 0 aliphatic heterocycles. The van der Waals surface area contributed by atoms with Gasteiger partial charge < -0.3 is 10.0 Å². The maximum atomic E-state index is 11.8. The number of carboxylic acids is 1. The molecule has 4 heteroatoms. The zero-order valence-corrected chi connectivity index (χ0v) is 9.19. The van der Waals surface area contributed by atoms with E-state index in [2.05, 4.69) is 0 Å². The summed E-state index contributed by atoms with van der Waals surface area (Å²) < 4.78 is 0. The van der Waals surface area contributed by atoms with Crippen molar-refractivity contribution in [3.05, 3.63) is 11.6 Å². The van der Waals surface area contributed by atoms with E-state index in [1.54, 1.807) is 19.9 Å². The van der Waals surface area contributed by atoms with Gasteiger partial charge in [-0.1, -0.05) is 6.08 Å². The van der Waals surface area contributed by atoms with Crippen LogP contribution in [0.25, 0.3) is 0 Å². The molecule has 0 heterocycles. The van der Waals surface area contributed by atoms with Crippen LogP contribution < -0.4 is 0 Å². The SMILES string of the molecule is C/C=C(\C)C(=O)N(CC(=O)O)CC1CC1. The molecule has 1 amide bonds. The summed E-state index contributed by atoms with van der Waals surface area (Å²) in [6.07, 6.45) is 3.93. The quantitative estimate of drug-likeness (QED) is 0.697. The van der Waals surface area contributed by atoms with Gasteiger partial charge in [0.1, 0.15) is 6.54 Å². The number of carbonyl (C=O) groups excluding carboxylic acids is 1. The molecule has 1 fully saturated rings.